The molecule has 1 amide bonds. The summed E-state index contributed by atoms with van der Waals surface area (Å²) in [4.78, 5) is 11.8. The zero-order valence-electron chi connectivity index (χ0n) is 10.3. The molecular weight excluding hydrogens is 364 g/mol. The number of carbonyl (C=O) groups excluding carboxylic acids is 1. The second-order valence-electron chi connectivity index (χ2n) is 3.85. The lowest BCUT2D eigenvalue weighted by atomic mass is 10.1. The Morgan fingerprint density at radius 2 is 2.11 bits per heavy atom. The molecule has 3 N–H and O–H groups in total. The first-order chi connectivity index (χ1) is 8.49. The summed E-state index contributed by atoms with van der Waals surface area (Å²) >= 11 is 6.76. The number of carbonyl (C=O) groups is 1. The molecule has 0 aromatic heterocycles. The van der Waals surface area contributed by atoms with Gasteiger partial charge in [-0.2, -0.15) is 0 Å². The smallest absolute Gasteiger partial charge is 0.241 e. The highest BCUT2D eigenvalue weighted by Crippen LogP contribution is 2.34. The molecule has 1 aromatic carbocycles. The maximum Gasteiger partial charge on any atom is 0.241 e. The van der Waals surface area contributed by atoms with Crippen LogP contribution in [0, 0.1) is 0 Å². The van der Waals surface area contributed by atoms with Gasteiger partial charge in [0.05, 0.1) is 23.3 Å². The van der Waals surface area contributed by atoms with Crippen molar-refractivity contribution in [3.8, 4) is 5.75 Å². The first kappa shape index (κ1) is 15.5. The number of methoxy groups -OCH3 is 1. The maximum absolute atomic E-state index is 11.8. The highest BCUT2D eigenvalue weighted by Gasteiger charge is 2.15. The number of hydrogen-bond acceptors (Lipinski definition) is 3. The van der Waals surface area contributed by atoms with Crippen LogP contribution in [0.25, 0.3) is 0 Å². The van der Waals surface area contributed by atoms with Crippen molar-refractivity contribution in [1.29, 1.82) is 0 Å². The molecule has 18 heavy (non-hydrogen) atoms. The zero-order valence-corrected chi connectivity index (χ0v) is 13.5. The molecule has 0 fully saturated rings. The average molecular weight is 380 g/mol. The molecule has 0 saturated heterocycles. The Bertz CT molecular complexity index is 438. The number of halogens is 2. The Morgan fingerprint density at radius 1 is 1.44 bits per heavy atom. The summed E-state index contributed by atoms with van der Waals surface area (Å²) in [7, 11) is 1.57. The van der Waals surface area contributed by atoms with E-state index in [2.05, 4.69) is 37.2 Å². The predicted octanol–water partition coefficient (Wildman–Crippen LogP) is 3.29. The number of anilines is 1. The van der Waals surface area contributed by atoms with E-state index in [4.69, 9.17) is 10.5 Å². The van der Waals surface area contributed by atoms with Crippen molar-refractivity contribution in [3.63, 3.8) is 0 Å². The minimum Gasteiger partial charge on any atom is -0.495 e. The molecule has 6 heteroatoms. The van der Waals surface area contributed by atoms with Gasteiger partial charge in [0.15, 0.2) is 0 Å². The second-order valence-corrected chi connectivity index (χ2v) is 5.56. The van der Waals surface area contributed by atoms with Crippen LogP contribution in [0.1, 0.15) is 19.8 Å². The number of rotatable bonds is 5. The molecule has 0 saturated carbocycles. The van der Waals surface area contributed by atoms with E-state index in [1.54, 1.807) is 13.2 Å². The van der Waals surface area contributed by atoms with E-state index in [-0.39, 0.29) is 5.91 Å². The van der Waals surface area contributed by atoms with Gasteiger partial charge in [0.2, 0.25) is 5.91 Å². The SMILES string of the molecule is CCCC(N)C(=O)Nc1cc(OC)c(Br)cc1Br. The number of amides is 1. The van der Waals surface area contributed by atoms with Gasteiger partial charge in [-0.25, -0.2) is 0 Å². The molecule has 100 valence electrons. The second kappa shape index (κ2) is 7.11. The molecule has 0 aliphatic heterocycles. The van der Waals surface area contributed by atoms with Crippen molar-refractivity contribution >= 4 is 43.5 Å². The summed E-state index contributed by atoms with van der Waals surface area (Å²) in [6.45, 7) is 1.99. The van der Waals surface area contributed by atoms with Crippen LogP contribution in [0.2, 0.25) is 0 Å². The Labute approximate surface area is 124 Å². The molecule has 0 aliphatic carbocycles. The van der Waals surface area contributed by atoms with Crippen LogP contribution < -0.4 is 15.8 Å². The Kier molecular flexibility index (Phi) is 6.11. The molecule has 0 heterocycles. The summed E-state index contributed by atoms with van der Waals surface area (Å²) in [5.74, 6) is 0.458. The minimum absolute atomic E-state index is 0.193. The van der Waals surface area contributed by atoms with Gasteiger partial charge in [0.25, 0.3) is 0 Å². The third-order valence-electron chi connectivity index (χ3n) is 2.44. The van der Waals surface area contributed by atoms with Gasteiger partial charge in [-0.1, -0.05) is 13.3 Å². The van der Waals surface area contributed by atoms with E-state index < -0.39 is 6.04 Å². The van der Waals surface area contributed by atoms with Crippen molar-refractivity contribution in [2.75, 3.05) is 12.4 Å². The third-order valence-corrected chi connectivity index (χ3v) is 3.71. The van der Waals surface area contributed by atoms with Crippen molar-refractivity contribution in [1.82, 2.24) is 0 Å². The average Bonchev–Trinajstić information content (AvgIpc) is 2.32. The molecule has 0 aliphatic rings. The van der Waals surface area contributed by atoms with E-state index in [0.29, 0.717) is 17.9 Å². The number of ether oxygens (including phenoxy) is 1. The molecule has 0 radical (unpaired) electrons. The Morgan fingerprint density at radius 3 is 2.67 bits per heavy atom. The molecule has 0 spiro atoms. The largest absolute Gasteiger partial charge is 0.495 e. The first-order valence-corrected chi connectivity index (χ1v) is 7.17. The highest BCUT2D eigenvalue weighted by molar-refractivity contribution is 9.11. The Hall–Kier alpha value is -0.590. The quantitative estimate of drug-likeness (QED) is 0.824. The van der Waals surface area contributed by atoms with E-state index in [9.17, 15) is 4.79 Å². The summed E-state index contributed by atoms with van der Waals surface area (Å²) < 4.78 is 6.76. The van der Waals surface area contributed by atoms with Crippen LogP contribution in [0.5, 0.6) is 5.75 Å². The topological polar surface area (TPSA) is 64.4 Å². The van der Waals surface area contributed by atoms with Crippen LogP contribution in [-0.2, 0) is 4.79 Å². The van der Waals surface area contributed by atoms with Gasteiger partial charge < -0.3 is 15.8 Å². The van der Waals surface area contributed by atoms with Crippen molar-refractivity contribution in [3.05, 3.63) is 21.1 Å². The number of benzene rings is 1. The van der Waals surface area contributed by atoms with Gasteiger partial charge in [-0.05, 0) is 44.3 Å². The standard InChI is InChI=1S/C12H16Br2N2O2/c1-3-4-9(15)12(17)16-10-6-11(18-2)8(14)5-7(10)13/h5-6,9H,3-4,15H2,1-2H3,(H,16,17). The normalized spacial score (nSPS) is 12.1. The van der Waals surface area contributed by atoms with Crippen LogP contribution in [0.3, 0.4) is 0 Å². The lowest BCUT2D eigenvalue weighted by Gasteiger charge is -2.14. The molecule has 1 atom stereocenters. The van der Waals surface area contributed by atoms with Crippen molar-refractivity contribution in [2.45, 2.75) is 25.8 Å². The maximum atomic E-state index is 11.8. The molecule has 4 nitrogen and oxygen atoms in total. The fourth-order valence-electron chi connectivity index (χ4n) is 1.45. The van der Waals surface area contributed by atoms with Gasteiger partial charge in [-0.15, -0.1) is 0 Å². The van der Waals surface area contributed by atoms with E-state index >= 15 is 0 Å². The molecule has 0 bridgehead atoms. The number of nitrogens with two attached hydrogens (primary N) is 1. The van der Waals surface area contributed by atoms with E-state index in [1.807, 2.05) is 13.0 Å². The van der Waals surface area contributed by atoms with Crippen LogP contribution in [-0.4, -0.2) is 19.1 Å². The van der Waals surface area contributed by atoms with Crippen LogP contribution >= 0.6 is 31.9 Å². The van der Waals surface area contributed by atoms with Gasteiger partial charge in [0, 0.05) is 10.5 Å². The van der Waals surface area contributed by atoms with Gasteiger partial charge in [0.1, 0.15) is 5.75 Å². The number of nitrogens with one attached hydrogen (secondary N) is 1. The highest BCUT2D eigenvalue weighted by atomic mass is 79.9. The fraction of sp³-hybridized carbons (Fsp3) is 0.417. The van der Waals surface area contributed by atoms with Gasteiger partial charge >= 0.3 is 0 Å². The molecule has 1 aromatic rings. The first-order valence-electron chi connectivity index (χ1n) is 5.59. The van der Waals surface area contributed by atoms with Crippen molar-refractivity contribution < 1.29 is 9.53 Å². The van der Waals surface area contributed by atoms with Crippen LogP contribution in [0.4, 0.5) is 5.69 Å². The lowest BCUT2D eigenvalue weighted by Crippen LogP contribution is -2.35. The summed E-state index contributed by atoms with van der Waals surface area (Å²) in [5, 5.41) is 2.79. The van der Waals surface area contributed by atoms with Crippen molar-refractivity contribution in [2.24, 2.45) is 5.73 Å². The monoisotopic (exact) mass is 378 g/mol. The summed E-state index contributed by atoms with van der Waals surface area (Å²) in [6, 6.07) is 3.07. The van der Waals surface area contributed by atoms with Gasteiger partial charge in [-0.3, -0.25) is 4.79 Å². The van der Waals surface area contributed by atoms with E-state index in [0.717, 1.165) is 15.4 Å². The lowest BCUT2D eigenvalue weighted by molar-refractivity contribution is -0.117. The number of hydrogen-bond donors (Lipinski definition) is 2. The zero-order chi connectivity index (χ0) is 13.7. The third kappa shape index (κ3) is 3.96. The molecule has 1 rings (SSSR count). The summed E-state index contributed by atoms with van der Waals surface area (Å²) in [6.07, 6.45) is 1.54. The van der Waals surface area contributed by atoms with Crippen LogP contribution in [0.15, 0.2) is 21.1 Å². The van der Waals surface area contributed by atoms with E-state index in [1.165, 1.54) is 0 Å². The minimum atomic E-state index is -0.489. The summed E-state index contributed by atoms with van der Waals surface area (Å²) in [5.41, 5.74) is 6.40. The fourth-order valence-corrected chi connectivity index (χ4v) is 2.70. The molecule has 1 unspecified atom stereocenters. The predicted molar refractivity (Wildman–Crippen MR) is 79.9 cm³/mol. The molecular formula is C12H16Br2N2O2. The Balaban J connectivity index is 2.87.